The minimum atomic E-state index is -0.994. The lowest BCUT2D eigenvalue weighted by Crippen LogP contribution is -2.52. The molecule has 0 spiro atoms. The van der Waals surface area contributed by atoms with E-state index in [1.807, 2.05) is 30.3 Å². The van der Waals surface area contributed by atoms with Gasteiger partial charge in [0.2, 0.25) is 11.8 Å². The van der Waals surface area contributed by atoms with Gasteiger partial charge in [0.05, 0.1) is 6.10 Å². The number of aliphatic hydroxyl groups is 1. The lowest BCUT2D eigenvalue weighted by atomic mass is 10.0. The van der Waals surface area contributed by atoms with Crippen LogP contribution in [0.1, 0.15) is 12.5 Å². The molecule has 0 aliphatic rings. The van der Waals surface area contributed by atoms with Gasteiger partial charge in [-0.3, -0.25) is 9.59 Å². The van der Waals surface area contributed by atoms with Gasteiger partial charge in [0.25, 0.3) is 0 Å². The van der Waals surface area contributed by atoms with Gasteiger partial charge < -0.3 is 15.7 Å². The molecule has 0 aliphatic carbocycles. The second kappa shape index (κ2) is 8.12. The minimum absolute atomic E-state index is 0.287. The van der Waals surface area contributed by atoms with Gasteiger partial charge in [0, 0.05) is 13.5 Å². The van der Waals surface area contributed by atoms with Crippen LogP contribution in [-0.2, 0) is 16.0 Å². The van der Waals surface area contributed by atoms with Gasteiger partial charge in [-0.05, 0) is 18.6 Å². The average Bonchev–Trinajstić information content (AvgIpc) is 2.45. The molecule has 0 saturated carbocycles. The molecule has 0 saturated heterocycles. The number of hydrogen-bond donors (Lipinski definition) is 3. The molecule has 0 fully saturated rings. The Morgan fingerprint density at radius 2 is 1.95 bits per heavy atom. The summed E-state index contributed by atoms with van der Waals surface area (Å²) in [7, 11) is 1.46. The Morgan fingerprint density at radius 1 is 1.30 bits per heavy atom. The van der Waals surface area contributed by atoms with Crippen molar-refractivity contribution in [2.45, 2.75) is 25.5 Å². The van der Waals surface area contributed by atoms with Crippen LogP contribution >= 0.6 is 0 Å². The Morgan fingerprint density at radius 3 is 2.50 bits per heavy atom. The highest BCUT2D eigenvalue weighted by atomic mass is 16.3. The van der Waals surface area contributed by atoms with E-state index in [0.717, 1.165) is 5.56 Å². The van der Waals surface area contributed by atoms with E-state index in [1.165, 1.54) is 13.1 Å². The van der Waals surface area contributed by atoms with E-state index in [0.29, 0.717) is 0 Å². The Hall–Kier alpha value is -2.14. The van der Waals surface area contributed by atoms with Gasteiger partial charge in [0.15, 0.2) is 0 Å². The number of nitrogens with one attached hydrogen (secondary N) is 2. The van der Waals surface area contributed by atoms with Crippen LogP contribution < -0.4 is 10.6 Å². The molecule has 108 valence electrons. The van der Waals surface area contributed by atoms with Crippen LogP contribution in [0.3, 0.4) is 0 Å². The molecule has 1 aromatic carbocycles. The van der Waals surface area contributed by atoms with Crippen molar-refractivity contribution in [2.75, 3.05) is 7.05 Å². The SMILES string of the molecule is CC=CC(=O)NC(C(=O)NC)C(O)Cc1ccccc1. The smallest absolute Gasteiger partial charge is 0.245 e. The fourth-order valence-corrected chi connectivity index (χ4v) is 1.82. The van der Waals surface area contributed by atoms with Crippen LogP contribution in [0, 0.1) is 0 Å². The Bertz CT molecular complexity index is 471. The third-order valence-electron chi connectivity index (χ3n) is 2.82. The van der Waals surface area contributed by atoms with Crippen LogP contribution in [0.4, 0.5) is 0 Å². The van der Waals surface area contributed by atoms with E-state index in [2.05, 4.69) is 10.6 Å². The number of benzene rings is 1. The van der Waals surface area contributed by atoms with Crippen molar-refractivity contribution in [1.29, 1.82) is 0 Å². The quantitative estimate of drug-likeness (QED) is 0.658. The standard InChI is InChI=1S/C15H20N2O3/c1-3-7-13(19)17-14(15(20)16-2)12(18)10-11-8-5-4-6-9-11/h3-9,12,14,18H,10H2,1-2H3,(H,16,20)(H,17,19). The van der Waals surface area contributed by atoms with E-state index in [4.69, 9.17) is 0 Å². The van der Waals surface area contributed by atoms with Crippen molar-refractivity contribution in [1.82, 2.24) is 10.6 Å². The van der Waals surface area contributed by atoms with Gasteiger partial charge in [0.1, 0.15) is 6.04 Å². The summed E-state index contributed by atoms with van der Waals surface area (Å²) < 4.78 is 0. The van der Waals surface area contributed by atoms with Crippen molar-refractivity contribution in [3.63, 3.8) is 0 Å². The Balaban J connectivity index is 2.76. The lowest BCUT2D eigenvalue weighted by molar-refractivity contribution is -0.129. The summed E-state index contributed by atoms with van der Waals surface area (Å²) in [5.41, 5.74) is 0.897. The topological polar surface area (TPSA) is 78.4 Å². The number of likely N-dealkylation sites (N-methyl/N-ethyl adjacent to an activating group) is 1. The highest BCUT2D eigenvalue weighted by Gasteiger charge is 2.27. The molecular weight excluding hydrogens is 256 g/mol. The maximum absolute atomic E-state index is 11.8. The predicted octanol–water partition coefficient (Wildman–Crippen LogP) is 0.397. The molecule has 5 heteroatoms. The number of hydrogen-bond acceptors (Lipinski definition) is 3. The highest BCUT2D eigenvalue weighted by Crippen LogP contribution is 2.06. The first-order chi connectivity index (χ1) is 9.58. The molecule has 5 nitrogen and oxygen atoms in total. The Kier molecular flexibility index (Phi) is 6.46. The van der Waals surface area contributed by atoms with Crippen LogP contribution in [-0.4, -0.2) is 36.1 Å². The maximum atomic E-state index is 11.8. The second-order valence-electron chi connectivity index (χ2n) is 4.36. The first-order valence-corrected chi connectivity index (χ1v) is 6.45. The molecule has 0 aromatic heterocycles. The molecule has 0 bridgehead atoms. The van der Waals surface area contributed by atoms with Crippen molar-refractivity contribution < 1.29 is 14.7 Å². The zero-order valence-electron chi connectivity index (χ0n) is 11.7. The second-order valence-corrected chi connectivity index (χ2v) is 4.36. The summed E-state index contributed by atoms with van der Waals surface area (Å²) >= 11 is 0. The molecule has 1 aromatic rings. The summed E-state index contributed by atoms with van der Waals surface area (Å²) in [5.74, 6) is -0.834. The van der Waals surface area contributed by atoms with Gasteiger partial charge in [-0.15, -0.1) is 0 Å². The monoisotopic (exact) mass is 276 g/mol. The average molecular weight is 276 g/mol. The Labute approximate surface area is 118 Å². The third kappa shape index (κ3) is 4.85. The number of aliphatic hydroxyl groups excluding tert-OH is 1. The van der Waals surface area contributed by atoms with Crippen molar-refractivity contribution in [3.8, 4) is 0 Å². The van der Waals surface area contributed by atoms with Crippen LogP contribution in [0.15, 0.2) is 42.5 Å². The van der Waals surface area contributed by atoms with Crippen LogP contribution in [0.2, 0.25) is 0 Å². The fourth-order valence-electron chi connectivity index (χ4n) is 1.82. The summed E-state index contributed by atoms with van der Waals surface area (Å²) in [6.07, 6.45) is 2.17. The zero-order chi connectivity index (χ0) is 15.0. The first-order valence-electron chi connectivity index (χ1n) is 6.45. The molecular formula is C15H20N2O3. The predicted molar refractivity (Wildman–Crippen MR) is 77.0 cm³/mol. The number of allylic oxidation sites excluding steroid dienone is 1. The molecule has 3 N–H and O–H groups in total. The van der Waals surface area contributed by atoms with E-state index < -0.39 is 24.0 Å². The van der Waals surface area contributed by atoms with Gasteiger partial charge in [-0.1, -0.05) is 36.4 Å². The molecule has 0 heterocycles. The highest BCUT2D eigenvalue weighted by molar-refractivity contribution is 5.93. The summed E-state index contributed by atoms with van der Waals surface area (Å²) in [6.45, 7) is 1.70. The number of amides is 2. The van der Waals surface area contributed by atoms with Crippen molar-refractivity contribution in [3.05, 3.63) is 48.0 Å². The fraction of sp³-hybridized carbons (Fsp3) is 0.333. The number of carbonyl (C=O) groups is 2. The number of rotatable bonds is 6. The summed E-state index contributed by atoms with van der Waals surface area (Å²) in [6, 6.07) is 8.32. The largest absolute Gasteiger partial charge is 0.390 e. The van der Waals surface area contributed by atoms with E-state index in [-0.39, 0.29) is 6.42 Å². The number of carbonyl (C=O) groups excluding carboxylic acids is 2. The van der Waals surface area contributed by atoms with Gasteiger partial charge in [-0.25, -0.2) is 0 Å². The molecule has 2 amide bonds. The zero-order valence-corrected chi connectivity index (χ0v) is 11.7. The van der Waals surface area contributed by atoms with Gasteiger partial charge >= 0.3 is 0 Å². The molecule has 2 unspecified atom stereocenters. The molecule has 0 aliphatic heterocycles. The van der Waals surface area contributed by atoms with E-state index in [1.54, 1.807) is 13.0 Å². The van der Waals surface area contributed by atoms with Gasteiger partial charge in [-0.2, -0.15) is 0 Å². The minimum Gasteiger partial charge on any atom is -0.390 e. The summed E-state index contributed by atoms with van der Waals surface area (Å²) in [4.78, 5) is 23.3. The molecule has 2 atom stereocenters. The summed E-state index contributed by atoms with van der Waals surface area (Å²) in [5, 5.41) is 15.1. The van der Waals surface area contributed by atoms with Crippen molar-refractivity contribution in [2.24, 2.45) is 0 Å². The van der Waals surface area contributed by atoms with E-state index in [9.17, 15) is 14.7 Å². The van der Waals surface area contributed by atoms with Crippen molar-refractivity contribution >= 4 is 11.8 Å². The van der Waals surface area contributed by atoms with Crippen LogP contribution in [0.25, 0.3) is 0 Å². The van der Waals surface area contributed by atoms with Crippen LogP contribution in [0.5, 0.6) is 0 Å². The molecule has 20 heavy (non-hydrogen) atoms. The van der Waals surface area contributed by atoms with E-state index >= 15 is 0 Å². The maximum Gasteiger partial charge on any atom is 0.245 e. The normalized spacial score (nSPS) is 13.8. The molecule has 1 rings (SSSR count). The lowest BCUT2D eigenvalue weighted by Gasteiger charge is -2.22. The third-order valence-corrected chi connectivity index (χ3v) is 2.82. The first kappa shape index (κ1) is 15.9. The molecule has 0 radical (unpaired) electrons.